The number of nitro groups is 1. The number of rotatable bonds is 6. The molecule has 0 saturated carbocycles. The van der Waals surface area contributed by atoms with Crippen molar-refractivity contribution < 1.29 is 18.5 Å². The van der Waals surface area contributed by atoms with Crippen LogP contribution >= 0.6 is 0 Å². The number of nitrogens with one attached hydrogen (secondary N) is 2. The van der Waals surface area contributed by atoms with Gasteiger partial charge in [0.25, 0.3) is 0 Å². The Bertz CT molecular complexity index is 643. The van der Waals surface area contributed by atoms with Crippen molar-refractivity contribution in [1.29, 1.82) is 0 Å². The van der Waals surface area contributed by atoms with Gasteiger partial charge >= 0.3 is 5.69 Å². The Hall–Kier alpha value is -2.90. The molecule has 0 aliphatic heterocycles. The van der Waals surface area contributed by atoms with Crippen molar-refractivity contribution in [3.05, 3.63) is 58.3 Å². The van der Waals surface area contributed by atoms with Gasteiger partial charge in [0.15, 0.2) is 0 Å². The van der Waals surface area contributed by atoms with Gasteiger partial charge in [-0.25, -0.2) is 0 Å². The Kier molecular flexibility index (Phi) is 4.50. The van der Waals surface area contributed by atoms with E-state index in [0.29, 0.717) is 5.76 Å². The molecule has 1 heterocycles. The molecule has 21 heavy (non-hydrogen) atoms. The smallest absolute Gasteiger partial charge is 0.306 e. The molecule has 1 aromatic carbocycles. The number of hydrogen-bond acceptors (Lipinski definition) is 5. The predicted molar refractivity (Wildman–Crippen MR) is 72.1 cm³/mol. The summed E-state index contributed by atoms with van der Waals surface area (Å²) in [6, 6.07) is 6.76. The van der Waals surface area contributed by atoms with Crippen molar-refractivity contribution in [2.24, 2.45) is 0 Å². The average Bonchev–Trinajstić information content (AvgIpc) is 2.97. The van der Waals surface area contributed by atoms with Crippen LogP contribution < -0.4 is 10.6 Å². The standard InChI is InChI=1S/C13H12FN3O4/c14-11-4-3-9(6-12(11)17(19)20)15-8-13(18)16-7-10-2-1-5-21-10/h1-6,15H,7-8H2,(H,16,18). The number of benzene rings is 1. The predicted octanol–water partition coefficient (Wildman–Crippen LogP) is 2.06. The van der Waals surface area contributed by atoms with Gasteiger partial charge in [-0.05, 0) is 24.3 Å². The van der Waals surface area contributed by atoms with E-state index in [1.165, 1.54) is 12.3 Å². The van der Waals surface area contributed by atoms with Crippen molar-refractivity contribution in [1.82, 2.24) is 5.32 Å². The molecule has 1 amide bonds. The van der Waals surface area contributed by atoms with Gasteiger partial charge in [0, 0.05) is 11.8 Å². The highest BCUT2D eigenvalue weighted by Crippen LogP contribution is 2.21. The molecule has 2 aromatic rings. The highest BCUT2D eigenvalue weighted by molar-refractivity contribution is 5.80. The van der Waals surface area contributed by atoms with Crippen LogP contribution in [0, 0.1) is 15.9 Å². The minimum atomic E-state index is -0.923. The molecular formula is C13H12FN3O4. The fraction of sp³-hybridized carbons (Fsp3) is 0.154. The normalized spacial score (nSPS) is 10.1. The Balaban J connectivity index is 1.86. The van der Waals surface area contributed by atoms with Gasteiger partial charge in [-0.2, -0.15) is 4.39 Å². The zero-order valence-electron chi connectivity index (χ0n) is 10.8. The maximum atomic E-state index is 13.1. The van der Waals surface area contributed by atoms with Crippen LogP contribution in [0.4, 0.5) is 15.8 Å². The van der Waals surface area contributed by atoms with E-state index in [1.54, 1.807) is 12.1 Å². The van der Waals surface area contributed by atoms with Crippen LogP contribution in [0.15, 0.2) is 41.0 Å². The molecule has 0 aliphatic rings. The lowest BCUT2D eigenvalue weighted by molar-refractivity contribution is -0.387. The Morgan fingerprint density at radius 2 is 2.19 bits per heavy atom. The summed E-state index contributed by atoms with van der Waals surface area (Å²) in [4.78, 5) is 21.3. The van der Waals surface area contributed by atoms with Gasteiger partial charge in [-0.15, -0.1) is 0 Å². The Morgan fingerprint density at radius 3 is 2.86 bits per heavy atom. The molecule has 7 nitrogen and oxygen atoms in total. The van der Waals surface area contributed by atoms with Crippen LogP contribution in [0.2, 0.25) is 0 Å². The molecule has 0 radical (unpaired) electrons. The number of nitro benzene ring substituents is 1. The maximum Gasteiger partial charge on any atom is 0.306 e. The van der Waals surface area contributed by atoms with Gasteiger partial charge in [0.1, 0.15) is 5.76 Å². The number of anilines is 1. The minimum Gasteiger partial charge on any atom is -0.467 e. The topological polar surface area (TPSA) is 97.4 Å². The SMILES string of the molecule is O=C(CNc1ccc(F)c([N+](=O)[O-])c1)NCc1ccco1. The molecule has 2 N–H and O–H groups in total. The quantitative estimate of drug-likeness (QED) is 0.627. The summed E-state index contributed by atoms with van der Waals surface area (Å²) in [5.41, 5.74) is -0.354. The van der Waals surface area contributed by atoms with Gasteiger partial charge in [-0.3, -0.25) is 14.9 Å². The lowest BCUT2D eigenvalue weighted by Gasteiger charge is -2.07. The van der Waals surface area contributed by atoms with E-state index in [4.69, 9.17) is 4.42 Å². The number of hydrogen-bond donors (Lipinski definition) is 2. The van der Waals surface area contributed by atoms with E-state index in [9.17, 15) is 19.3 Å². The highest BCUT2D eigenvalue weighted by atomic mass is 19.1. The fourth-order valence-electron chi connectivity index (χ4n) is 1.61. The summed E-state index contributed by atoms with van der Waals surface area (Å²) in [5, 5.41) is 15.9. The van der Waals surface area contributed by atoms with Gasteiger partial charge in [0.2, 0.25) is 11.7 Å². The molecule has 2 rings (SSSR count). The van der Waals surface area contributed by atoms with Crippen LogP contribution in [-0.2, 0) is 11.3 Å². The third-order valence-electron chi connectivity index (χ3n) is 2.64. The molecule has 1 aromatic heterocycles. The first kappa shape index (κ1) is 14.5. The molecule has 8 heteroatoms. The molecule has 110 valence electrons. The van der Waals surface area contributed by atoms with E-state index in [-0.39, 0.29) is 24.7 Å². The van der Waals surface area contributed by atoms with Crippen LogP contribution in [0.3, 0.4) is 0 Å². The van der Waals surface area contributed by atoms with Crippen molar-refractivity contribution in [2.75, 3.05) is 11.9 Å². The zero-order valence-corrected chi connectivity index (χ0v) is 10.8. The first-order valence-electron chi connectivity index (χ1n) is 6.03. The van der Waals surface area contributed by atoms with E-state index >= 15 is 0 Å². The summed E-state index contributed by atoms with van der Waals surface area (Å²) in [5.74, 6) is -0.632. The van der Waals surface area contributed by atoms with E-state index in [1.807, 2.05) is 0 Å². The monoisotopic (exact) mass is 293 g/mol. The molecule has 0 saturated heterocycles. The maximum absolute atomic E-state index is 13.1. The van der Waals surface area contributed by atoms with Crippen molar-refractivity contribution in [3.8, 4) is 0 Å². The number of furan rings is 1. The lowest BCUT2D eigenvalue weighted by Crippen LogP contribution is -2.29. The van der Waals surface area contributed by atoms with Gasteiger partial charge in [0.05, 0.1) is 24.3 Å². The summed E-state index contributed by atoms with van der Waals surface area (Å²) in [6.07, 6.45) is 1.50. The van der Waals surface area contributed by atoms with Crippen LogP contribution in [-0.4, -0.2) is 17.4 Å². The van der Waals surface area contributed by atoms with Crippen LogP contribution in [0.1, 0.15) is 5.76 Å². The molecule has 0 fully saturated rings. The largest absolute Gasteiger partial charge is 0.467 e. The minimum absolute atomic E-state index is 0.0938. The van der Waals surface area contributed by atoms with Gasteiger partial charge in [-0.1, -0.05) is 0 Å². The summed E-state index contributed by atoms with van der Waals surface area (Å²) in [7, 11) is 0. The second kappa shape index (κ2) is 6.51. The van der Waals surface area contributed by atoms with Crippen molar-refractivity contribution >= 4 is 17.3 Å². The van der Waals surface area contributed by atoms with E-state index < -0.39 is 16.4 Å². The number of halogens is 1. The Labute approximate surface area is 118 Å². The second-order valence-electron chi connectivity index (χ2n) is 4.13. The van der Waals surface area contributed by atoms with Crippen LogP contribution in [0.5, 0.6) is 0 Å². The van der Waals surface area contributed by atoms with E-state index in [0.717, 1.165) is 12.1 Å². The molecule has 0 spiro atoms. The van der Waals surface area contributed by atoms with Crippen molar-refractivity contribution in [2.45, 2.75) is 6.54 Å². The van der Waals surface area contributed by atoms with E-state index in [2.05, 4.69) is 10.6 Å². The molecule has 0 bridgehead atoms. The third-order valence-corrected chi connectivity index (χ3v) is 2.64. The van der Waals surface area contributed by atoms with Gasteiger partial charge < -0.3 is 15.1 Å². The molecular weight excluding hydrogens is 281 g/mol. The molecule has 0 atom stereocenters. The molecule has 0 aliphatic carbocycles. The zero-order chi connectivity index (χ0) is 15.2. The highest BCUT2D eigenvalue weighted by Gasteiger charge is 2.14. The number of carbonyl (C=O) groups excluding carboxylic acids is 1. The Morgan fingerprint density at radius 1 is 1.38 bits per heavy atom. The number of carbonyl (C=O) groups is 1. The van der Waals surface area contributed by atoms with Crippen molar-refractivity contribution in [3.63, 3.8) is 0 Å². The first-order chi connectivity index (χ1) is 10.1. The third kappa shape index (κ3) is 4.03. The average molecular weight is 293 g/mol. The fourth-order valence-corrected chi connectivity index (χ4v) is 1.61. The lowest BCUT2D eigenvalue weighted by atomic mass is 10.2. The summed E-state index contributed by atoms with van der Waals surface area (Å²) in [6.45, 7) is 0.153. The summed E-state index contributed by atoms with van der Waals surface area (Å²) < 4.78 is 18.2. The number of nitrogens with zero attached hydrogens (tertiary/aromatic N) is 1. The second-order valence-corrected chi connectivity index (χ2v) is 4.13. The summed E-state index contributed by atoms with van der Waals surface area (Å²) >= 11 is 0. The van der Waals surface area contributed by atoms with Crippen LogP contribution in [0.25, 0.3) is 0 Å². The number of amides is 1. The first-order valence-corrected chi connectivity index (χ1v) is 6.03. The molecule has 0 unspecified atom stereocenters.